The van der Waals surface area contributed by atoms with E-state index in [1.54, 1.807) is 24.4 Å². The van der Waals surface area contributed by atoms with Gasteiger partial charge in [0, 0.05) is 22.5 Å². The van der Waals surface area contributed by atoms with Gasteiger partial charge in [-0.15, -0.1) is 0 Å². The number of hydrogen-bond acceptors (Lipinski definition) is 3. The van der Waals surface area contributed by atoms with Crippen molar-refractivity contribution < 1.29 is 4.79 Å². The number of guanidine groups is 1. The third-order valence-corrected chi connectivity index (χ3v) is 4.07. The van der Waals surface area contributed by atoms with Gasteiger partial charge in [0.2, 0.25) is 5.96 Å². The van der Waals surface area contributed by atoms with Crippen LogP contribution in [0.3, 0.4) is 0 Å². The molecule has 2 aromatic carbocycles. The summed E-state index contributed by atoms with van der Waals surface area (Å²) in [5.74, 6) is 0.106. The second-order valence-electron chi connectivity index (χ2n) is 5.89. The minimum absolute atomic E-state index is 0.241. The lowest BCUT2D eigenvalue weighted by molar-refractivity contribution is 0.0977. The fraction of sp³-hybridized carbons (Fsp3) is 0.0952. The number of aryl methyl sites for hydroxylation is 1. The van der Waals surface area contributed by atoms with Gasteiger partial charge >= 0.3 is 0 Å². The Morgan fingerprint density at radius 3 is 2.56 bits per heavy atom. The Balaban J connectivity index is 1.82. The van der Waals surface area contributed by atoms with Gasteiger partial charge in [0.15, 0.2) is 0 Å². The molecule has 0 atom stereocenters. The average Bonchev–Trinajstić information content (AvgIpc) is 2.69. The van der Waals surface area contributed by atoms with Crippen LogP contribution in [0.4, 0.5) is 5.69 Å². The van der Waals surface area contributed by atoms with Crippen molar-refractivity contribution in [1.29, 1.82) is 0 Å². The molecule has 0 fully saturated rings. The molecule has 0 saturated carbocycles. The fourth-order valence-electron chi connectivity index (χ4n) is 2.43. The second kappa shape index (κ2) is 8.96. The van der Waals surface area contributed by atoms with E-state index in [1.807, 2.05) is 55.5 Å². The molecule has 0 aliphatic rings. The van der Waals surface area contributed by atoms with Crippen LogP contribution in [0.25, 0.3) is 0 Å². The zero-order chi connectivity index (χ0) is 19.1. The monoisotopic (exact) mass is 378 g/mol. The van der Waals surface area contributed by atoms with E-state index in [2.05, 4.69) is 20.6 Å². The lowest BCUT2D eigenvalue weighted by Gasteiger charge is -2.14. The van der Waals surface area contributed by atoms with Crippen LogP contribution in [0, 0.1) is 6.92 Å². The Bertz CT molecular complexity index is 943. The van der Waals surface area contributed by atoms with Crippen LogP contribution in [0.1, 0.15) is 21.6 Å². The molecule has 5 nitrogen and oxygen atoms in total. The number of carbonyl (C=O) groups excluding carboxylic acids is 1. The fourth-order valence-corrected chi connectivity index (χ4v) is 2.65. The van der Waals surface area contributed by atoms with Crippen LogP contribution in [-0.2, 0) is 6.54 Å². The number of amides is 1. The summed E-state index contributed by atoms with van der Waals surface area (Å²) in [6.07, 6.45) is 1.71. The highest BCUT2D eigenvalue weighted by atomic mass is 35.5. The molecule has 0 aliphatic carbocycles. The van der Waals surface area contributed by atoms with Crippen molar-refractivity contribution in [3.63, 3.8) is 0 Å². The number of nitrogens with one attached hydrogen (secondary N) is 2. The number of halogens is 1. The van der Waals surface area contributed by atoms with Crippen molar-refractivity contribution in [3.8, 4) is 0 Å². The lowest BCUT2D eigenvalue weighted by atomic mass is 10.2. The highest BCUT2D eigenvalue weighted by Crippen LogP contribution is 2.19. The minimum Gasteiger partial charge on any atom is -0.326 e. The van der Waals surface area contributed by atoms with Crippen molar-refractivity contribution in [2.75, 3.05) is 5.32 Å². The van der Waals surface area contributed by atoms with Crippen LogP contribution in [0.5, 0.6) is 0 Å². The van der Waals surface area contributed by atoms with Crippen LogP contribution < -0.4 is 10.6 Å². The van der Waals surface area contributed by atoms with Gasteiger partial charge < -0.3 is 5.32 Å². The zero-order valence-electron chi connectivity index (χ0n) is 14.8. The zero-order valence-corrected chi connectivity index (χ0v) is 15.6. The summed E-state index contributed by atoms with van der Waals surface area (Å²) in [5, 5.41) is 6.66. The molecule has 0 bridgehead atoms. The largest absolute Gasteiger partial charge is 0.326 e. The summed E-state index contributed by atoms with van der Waals surface area (Å²) in [5.41, 5.74) is 3.12. The van der Waals surface area contributed by atoms with Gasteiger partial charge in [-0.25, -0.2) is 4.99 Å². The summed E-state index contributed by atoms with van der Waals surface area (Å²) in [4.78, 5) is 21.3. The molecule has 136 valence electrons. The molecule has 1 heterocycles. The Kier molecular flexibility index (Phi) is 6.18. The summed E-state index contributed by atoms with van der Waals surface area (Å²) in [7, 11) is 0. The Labute approximate surface area is 163 Å². The molecule has 2 N–H and O–H groups in total. The van der Waals surface area contributed by atoms with E-state index >= 15 is 0 Å². The number of pyridine rings is 1. The molecule has 0 spiro atoms. The van der Waals surface area contributed by atoms with Crippen molar-refractivity contribution in [2.24, 2.45) is 4.99 Å². The normalized spacial score (nSPS) is 11.1. The molecule has 6 heteroatoms. The molecular formula is C21H19ClN4O. The SMILES string of the molecule is Cc1cc(Cl)ccc1NC(=NCc1ccccn1)NC(=O)c1ccccc1. The van der Waals surface area contributed by atoms with Gasteiger partial charge in [0.1, 0.15) is 0 Å². The average molecular weight is 379 g/mol. The van der Waals surface area contributed by atoms with Crippen LogP contribution in [0.2, 0.25) is 5.02 Å². The number of hydrogen-bond donors (Lipinski definition) is 2. The number of aliphatic imine (C=N–C) groups is 1. The first-order valence-corrected chi connectivity index (χ1v) is 8.83. The van der Waals surface area contributed by atoms with Crippen molar-refractivity contribution in [2.45, 2.75) is 13.5 Å². The van der Waals surface area contributed by atoms with Crippen LogP contribution in [0.15, 0.2) is 77.9 Å². The molecule has 0 radical (unpaired) electrons. The number of anilines is 1. The van der Waals surface area contributed by atoms with E-state index in [1.165, 1.54) is 0 Å². The highest BCUT2D eigenvalue weighted by molar-refractivity contribution is 6.30. The minimum atomic E-state index is -0.241. The highest BCUT2D eigenvalue weighted by Gasteiger charge is 2.10. The van der Waals surface area contributed by atoms with E-state index in [4.69, 9.17) is 11.6 Å². The third kappa shape index (κ3) is 5.39. The number of rotatable bonds is 4. The van der Waals surface area contributed by atoms with Crippen LogP contribution in [-0.4, -0.2) is 16.9 Å². The number of nitrogens with zero attached hydrogens (tertiary/aromatic N) is 2. The first-order chi connectivity index (χ1) is 13.1. The Morgan fingerprint density at radius 1 is 1.07 bits per heavy atom. The molecule has 0 unspecified atom stereocenters. The molecule has 1 aromatic heterocycles. The maximum absolute atomic E-state index is 12.5. The van der Waals surface area contributed by atoms with Crippen LogP contribution >= 0.6 is 11.6 Å². The van der Waals surface area contributed by atoms with Gasteiger partial charge in [-0.3, -0.25) is 15.1 Å². The van der Waals surface area contributed by atoms with Crippen molar-refractivity contribution >= 4 is 29.2 Å². The number of carbonyl (C=O) groups is 1. The van der Waals surface area contributed by atoms with Gasteiger partial charge in [0.25, 0.3) is 5.91 Å². The van der Waals surface area contributed by atoms with E-state index < -0.39 is 0 Å². The van der Waals surface area contributed by atoms with E-state index in [0.717, 1.165) is 16.9 Å². The Hall–Kier alpha value is -3.18. The molecular weight excluding hydrogens is 360 g/mol. The van der Waals surface area contributed by atoms with E-state index in [-0.39, 0.29) is 5.91 Å². The van der Waals surface area contributed by atoms with E-state index in [9.17, 15) is 4.79 Å². The van der Waals surface area contributed by atoms with Crippen molar-refractivity contribution in [1.82, 2.24) is 10.3 Å². The summed E-state index contributed by atoms with van der Waals surface area (Å²) in [6, 6.07) is 20.1. The predicted molar refractivity (Wildman–Crippen MR) is 109 cm³/mol. The topological polar surface area (TPSA) is 66.4 Å². The molecule has 3 rings (SSSR count). The maximum Gasteiger partial charge on any atom is 0.257 e. The van der Waals surface area contributed by atoms with Gasteiger partial charge in [-0.2, -0.15) is 0 Å². The summed E-state index contributed by atoms with van der Waals surface area (Å²) >= 11 is 6.02. The third-order valence-electron chi connectivity index (χ3n) is 3.83. The first kappa shape index (κ1) is 18.6. The van der Waals surface area contributed by atoms with Crippen molar-refractivity contribution in [3.05, 3.63) is 94.8 Å². The number of benzene rings is 2. The predicted octanol–water partition coefficient (Wildman–Crippen LogP) is 4.44. The molecule has 1 amide bonds. The smallest absolute Gasteiger partial charge is 0.257 e. The Morgan fingerprint density at radius 2 is 1.85 bits per heavy atom. The molecule has 27 heavy (non-hydrogen) atoms. The number of aromatic nitrogens is 1. The van der Waals surface area contributed by atoms with Gasteiger partial charge in [-0.05, 0) is 55.0 Å². The van der Waals surface area contributed by atoms with Gasteiger partial charge in [-0.1, -0.05) is 35.9 Å². The van der Waals surface area contributed by atoms with E-state index in [0.29, 0.717) is 23.1 Å². The summed E-state index contributed by atoms with van der Waals surface area (Å²) < 4.78 is 0. The lowest BCUT2D eigenvalue weighted by Crippen LogP contribution is -2.36. The second-order valence-corrected chi connectivity index (χ2v) is 6.33. The first-order valence-electron chi connectivity index (χ1n) is 8.46. The molecule has 3 aromatic rings. The van der Waals surface area contributed by atoms with Gasteiger partial charge in [0.05, 0.1) is 12.2 Å². The quantitative estimate of drug-likeness (QED) is 0.521. The molecule has 0 aliphatic heterocycles. The molecule has 0 saturated heterocycles. The summed E-state index contributed by atoms with van der Waals surface area (Å²) in [6.45, 7) is 2.27. The maximum atomic E-state index is 12.5. The standard InChI is InChI=1S/C21H19ClN4O/c1-15-13-17(22)10-11-19(15)25-21(24-14-18-9-5-6-12-23-18)26-20(27)16-7-3-2-4-8-16/h2-13H,14H2,1H3,(H2,24,25,26,27).